The quantitative estimate of drug-likeness (QED) is 0.646. The van der Waals surface area contributed by atoms with Crippen LogP contribution in [0.1, 0.15) is 15.9 Å². The van der Waals surface area contributed by atoms with Gasteiger partial charge in [0.05, 0.1) is 28.6 Å². The second kappa shape index (κ2) is 6.15. The van der Waals surface area contributed by atoms with Crippen molar-refractivity contribution in [1.82, 2.24) is 9.97 Å². The van der Waals surface area contributed by atoms with Crippen molar-refractivity contribution in [2.45, 2.75) is 0 Å². The number of carboxylic acid groups (broad SMARTS) is 1. The van der Waals surface area contributed by atoms with E-state index in [0.29, 0.717) is 0 Å². The number of nitrogens with one attached hydrogen (secondary N) is 2. The van der Waals surface area contributed by atoms with Gasteiger partial charge >= 0.3 is 5.97 Å². The molecular weight excluding hydrogens is 294 g/mol. The van der Waals surface area contributed by atoms with Crippen LogP contribution in [0.3, 0.4) is 0 Å². The molecule has 0 aliphatic carbocycles. The lowest BCUT2D eigenvalue weighted by atomic mass is 10.1. The third-order valence-electron chi connectivity index (χ3n) is 3.29. The van der Waals surface area contributed by atoms with E-state index < -0.39 is 11.9 Å². The minimum atomic E-state index is -1.09. The third kappa shape index (κ3) is 3.26. The highest BCUT2D eigenvalue weighted by molar-refractivity contribution is 6.06. The van der Waals surface area contributed by atoms with Crippen LogP contribution in [-0.2, 0) is 4.79 Å². The first-order valence-corrected chi connectivity index (χ1v) is 6.88. The molecule has 0 unspecified atom stereocenters. The number of fused-ring (bicyclic) bond motifs is 1. The second-order valence-electron chi connectivity index (χ2n) is 4.85. The minimum absolute atomic E-state index is 0.0492. The number of carbonyl (C=O) groups is 2. The molecule has 6 heteroatoms. The molecule has 0 bridgehead atoms. The Kier molecular flexibility index (Phi) is 3.88. The molecule has 114 valence electrons. The van der Waals surface area contributed by atoms with Crippen LogP contribution in [0.25, 0.3) is 17.1 Å². The smallest absolute Gasteiger partial charge is 0.337 e. The topological polar surface area (TPSA) is 95.1 Å². The maximum absolute atomic E-state index is 12.0. The molecule has 0 atom stereocenters. The summed E-state index contributed by atoms with van der Waals surface area (Å²) < 4.78 is 0. The van der Waals surface area contributed by atoms with Gasteiger partial charge in [0, 0.05) is 6.08 Å². The Bertz CT molecular complexity index is 912. The summed E-state index contributed by atoms with van der Waals surface area (Å²) >= 11 is 0. The Morgan fingerprint density at radius 1 is 1.17 bits per heavy atom. The maximum atomic E-state index is 12.0. The number of anilines is 1. The van der Waals surface area contributed by atoms with Crippen LogP contribution in [0.4, 0.5) is 5.69 Å². The Morgan fingerprint density at radius 3 is 2.83 bits per heavy atom. The minimum Gasteiger partial charge on any atom is -0.478 e. The Labute approximate surface area is 131 Å². The van der Waals surface area contributed by atoms with Crippen molar-refractivity contribution in [3.63, 3.8) is 0 Å². The van der Waals surface area contributed by atoms with Crippen molar-refractivity contribution < 1.29 is 14.7 Å². The van der Waals surface area contributed by atoms with Crippen LogP contribution in [-0.4, -0.2) is 27.0 Å². The molecule has 0 saturated heterocycles. The molecule has 0 aliphatic heterocycles. The monoisotopic (exact) mass is 307 g/mol. The number of hydrogen-bond donors (Lipinski definition) is 3. The Hall–Kier alpha value is -3.41. The number of imidazole rings is 1. The first kappa shape index (κ1) is 14.5. The number of H-pyrrole nitrogens is 1. The standard InChI is InChI=1S/C17H13N3O3/c21-16(20-13-4-2-1-3-12(13)17(22)23)8-6-11-5-7-14-15(9-11)19-10-18-14/h1-10H,(H,18,19)(H,20,21)(H,22,23)/b8-6+. The highest BCUT2D eigenvalue weighted by Gasteiger charge is 2.10. The number of hydrogen-bond acceptors (Lipinski definition) is 3. The van der Waals surface area contributed by atoms with Gasteiger partial charge in [-0.15, -0.1) is 0 Å². The van der Waals surface area contributed by atoms with Crippen molar-refractivity contribution in [3.05, 3.63) is 66.0 Å². The zero-order valence-electron chi connectivity index (χ0n) is 12.0. The fourth-order valence-electron chi connectivity index (χ4n) is 2.18. The summed E-state index contributed by atoms with van der Waals surface area (Å²) in [4.78, 5) is 30.2. The molecule has 1 aromatic heterocycles. The van der Waals surface area contributed by atoms with Gasteiger partial charge in [0.25, 0.3) is 0 Å². The second-order valence-corrected chi connectivity index (χ2v) is 4.85. The van der Waals surface area contributed by atoms with Gasteiger partial charge in [-0.3, -0.25) is 4.79 Å². The van der Waals surface area contributed by atoms with Gasteiger partial charge in [0.2, 0.25) is 5.91 Å². The van der Waals surface area contributed by atoms with E-state index in [-0.39, 0.29) is 11.3 Å². The van der Waals surface area contributed by atoms with Gasteiger partial charge in [-0.25, -0.2) is 9.78 Å². The molecule has 3 rings (SSSR count). The fraction of sp³-hybridized carbons (Fsp3) is 0. The van der Waals surface area contributed by atoms with Crippen LogP contribution in [0.5, 0.6) is 0 Å². The number of aromatic amines is 1. The molecule has 0 fully saturated rings. The average Bonchev–Trinajstić information content (AvgIpc) is 3.01. The van der Waals surface area contributed by atoms with Crippen molar-refractivity contribution in [2.75, 3.05) is 5.32 Å². The van der Waals surface area contributed by atoms with E-state index in [1.807, 2.05) is 18.2 Å². The van der Waals surface area contributed by atoms with E-state index in [0.717, 1.165) is 16.6 Å². The van der Waals surface area contributed by atoms with E-state index in [9.17, 15) is 9.59 Å². The first-order chi connectivity index (χ1) is 11.1. The Morgan fingerprint density at radius 2 is 2.00 bits per heavy atom. The van der Waals surface area contributed by atoms with Gasteiger partial charge in [-0.05, 0) is 35.9 Å². The van der Waals surface area contributed by atoms with E-state index in [2.05, 4.69) is 15.3 Å². The lowest BCUT2D eigenvalue weighted by Gasteiger charge is -2.05. The molecule has 0 saturated carbocycles. The summed E-state index contributed by atoms with van der Waals surface area (Å²) in [5, 5.41) is 11.7. The summed E-state index contributed by atoms with van der Waals surface area (Å²) in [5.74, 6) is -1.49. The van der Waals surface area contributed by atoms with E-state index in [1.165, 1.54) is 12.1 Å². The van der Waals surface area contributed by atoms with Gasteiger partial charge in [0.15, 0.2) is 0 Å². The van der Waals surface area contributed by atoms with Crippen molar-refractivity contribution >= 4 is 34.7 Å². The van der Waals surface area contributed by atoms with Crippen molar-refractivity contribution in [3.8, 4) is 0 Å². The van der Waals surface area contributed by atoms with Crippen LogP contribution < -0.4 is 5.32 Å². The molecule has 3 aromatic rings. The number of carboxylic acids is 1. The van der Waals surface area contributed by atoms with Crippen LogP contribution in [0.2, 0.25) is 0 Å². The zero-order valence-corrected chi connectivity index (χ0v) is 12.0. The zero-order chi connectivity index (χ0) is 16.2. The summed E-state index contributed by atoms with van der Waals surface area (Å²) in [7, 11) is 0. The Balaban J connectivity index is 1.75. The van der Waals surface area contributed by atoms with Crippen LogP contribution in [0, 0.1) is 0 Å². The molecule has 3 N–H and O–H groups in total. The maximum Gasteiger partial charge on any atom is 0.337 e. The molecule has 1 amide bonds. The molecule has 0 radical (unpaired) electrons. The fourth-order valence-corrected chi connectivity index (χ4v) is 2.18. The van der Waals surface area contributed by atoms with Gasteiger partial charge < -0.3 is 15.4 Å². The van der Waals surface area contributed by atoms with Crippen LogP contribution in [0.15, 0.2) is 54.9 Å². The summed E-state index contributed by atoms with van der Waals surface area (Å²) in [6, 6.07) is 11.8. The van der Waals surface area contributed by atoms with Gasteiger partial charge in [-0.2, -0.15) is 0 Å². The average molecular weight is 307 g/mol. The number of carbonyl (C=O) groups excluding carboxylic acids is 1. The number of para-hydroxylation sites is 1. The highest BCUT2D eigenvalue weighted by atomic mass is 16.4. The molecule has 23 heavy (non-hydrogen) atoms. The third-order valence-corrected chi connectivity index (χ3v) is 3.29. The molecule has 1 heterocycles. The highest BCUT2D eigenvalue weighted by Crippen LogP contribution is 2.16. The van der Waals surface area contributed by atoms with Crippen LogP contribution >= 0.6 is 0 Å². The van der Waals surface area contributed by atoms with Gasteiger partial charge in [-0.1, -0.05) is 18.2 Å². The number of amides is 1. The normalized spacial score (nSPS) is 11.0. The van der Waals surface area contributed by atoms with E-state index in [1.54, 1.807) is 30.6 Å². The SMILES string of the molecule is O=C(/C=C/c1ccc2nc[nH]c2c1)Nc1ccccc1C(=O)O. The van der Waals surface area contributed by atoms with E-state index >= 15 is 0 Å². The molecule has 2 aromatic carbocycles. The predicted octanol–water partition coefficient (Wildman–Crippen LogP) is 2.91. The van der Waals surface area contributed by atoms with E-state index in [4.69, 9.17) is 5.11 Å². The van der Waals surface area contributed by atoms with Gasteiger partial charge in [0.1, 0.15) is 0 Å². The molecule has 0 spiro atoms. The largest absolute Gasteiger partial charge is 0.478 e. The summed E-state index contributed by atoms with van der Waals surface area (Å²) in [6.45, 7) is 0. The predicted molar refractivity (Wildman–Crippen MR) is 87.2 cm³/mol. The molecule has 6 nitrogen and oxygen atoms in total. The summed E-state index contributed by atoms with van der Waals surface area (Å²) in [5.41, 5.74) is 2.88. The number of aromatic nitrogens is 2. The van der Waals surface area contributed by atoms with Crippen molar-refractivity contribution in [2.24, 2.45) is 0 Å². The lowest BCUT2D eigenvalue weighted by Crippen LogP contribution is -2.11. The summed E-state index contributed by atoms with van der Waals surface area (Å²) in [6.07, 6.45) is 4.61. The lowest BCUT2D eigenvalue weighted by molar-refractivity contribution is -0.111. The number of rotatable bonds is 4. The molecular formula is C17H13N3O3. The van der Waals surface area contributed by atoms with Crippen molar-refractivity contribution in [1.29, 1.82) is 0 Å². The number of benzene rings is 2. The number of aromatic carboxylic acids is 1. The first-order valence-electron chi connectivity index (χ1n) is 6.88. The molecule has 0 aliphatic rings. The number of nitrogens with zero attached hydrogens (tertiary/aromatic N) is 1.